The molecule has 1 amide bonds. The molecule has 1 N–H and O–H groups in total. The third kappa shape index (κ3) is 5.77. The number of amides is 1. The molecule has 0 radical (unpaired) electrons. The number of benzene rings is 3. The van der Waals surface area contributed by atoms with Crippen molar-refractivity contribution >= 4 is 39.0 Å². The second-order valence-corrected chi connectivity index (χ2v) is 10.6. The molecule has 0 aliphatic heterocycles. The molecule has 2 heterocycles. The van der Waals surface area contributed by atoms with Gasteiger partial charge in [-0.1, -0.05) is 45.0 Å². The first kappa shape index (κ1) is 27.1. The zero-order valence-corrected chi connectivity index (χ0v) is 24.0. The van der Waals surface area contributed by atoms with Gasteiger partial charge in [0.15, 0.2) is 5.13 Å². The highest BCUT2D eigenvalue weighted by Gasteiger charge is 2.18. The lowest BCUT2D eigenvalue weighted by molar-refractivity contribution is 0.102. The summed E-state index contributed by atoms with van der Waals surface area (Å²) < 4.78 is 16.8. The Hall–Kier alpha value is -4.43. The fourth-order valence-electron chi connectivity index (χ4n) is 4.32. The van der Waals surface area contributed by atoms with E-state index >= 15 is 0 Å². The zero-order chi connectivity index (χ0) is 28.2. The van der Waals surface area contributed by atoms with E-state index in [1.807, 2.05) is 18.2 Å². The Morgan fingerprint density at radius 3 is 2.33 bits per heavy atom. The Bertz CT molecular complexity index is 1720. The van der Waals surface area contributed by atoms with Crippen LogP contribution in [0.4, 0.5) is 10.8 Å². The van der Waals surface area contributed by atoms with E-state index in [0.29, 0.717) is 33.8 Å². The average molecular weight is 554 g/mol. The van der Waals surface area contributed by atoms with Gasteiger partial charge in [-0.05, 0) is 66.4 Å². The predicted molar refractivity (Wildman–Crippen MR) is 160 cm³/mol. The Balaban J connectivity index is 1.54. The van der Waals surface area contributed by atoms with E-state index in [0.717, 1.165) is 27.9 Å². The molecule has 0 aliphatic rings. The molecule has 7 nitrogen and oxygen atoms in total. The van der Waals surface area contributed by atoms with Gasteiger partial charge in [0, 0.05) is 15.8 Å². The van der Waals surface area contributed by atoms with Crippen LogP contribution in [0.3, 0.4) is 0 Å². The van der Waals surface area contributed by atoms with Gasteiger partial charge < -0.3 is 13.9 Å². The fourth-order valence-corrected chi connectivity index (χ4v) is 5.23. The highest BCUT2D eigenvalue weighted by atomic mass is 32.1. The summed E-state index contributed by atoms with van der Waals surface area (Å²) in [5.41, 5.74) is 4.87. The molecule has 5 rings (SSSR count). The Kier molecular flexibility index (Phi) is 7.98. The number of methoxy groups -OCH3 is 2. The minimum Gasteiger partial charge on any atom is -0.497 e. The van der Waals surface area contributed by atoms with Crippen LogP contribution < -0.4 is 20.3 Å². The van der Waals surface area contributed by atoms with E-state index in [4.69, 9.17) is 18.9 Å². The van der Waals surface area contributed by atoms with Crippen molar-refractivity contribution in [3.8, 4) is 22.8 Å². The summed E-state index contributed by atoms with van der Waals surface area (Å²) in [5.74, 6) is 1.47. The van der Waals surface area contributed by atoms with Gasteiger partial charge in [0.1, 0.15) is 22.6 Å². The number of nitrogens with zero attached hydrogens (tertiary/aromatic N) is 2. The van der Waals surface area contributed by atoms with E-state index < -0.39 is 0 Å². The largest absolute Gasteiger partial charge is 0.497 e. The van der Waals surface area contributed by atoms with Gasteiger partial charge in [0.2, 0.25) is 5.55 Å². The number of hydrogen-bond donors (Lipinski definition) is 1. The summed E-state index contributed by atoms with van der Waals surface area (Å²) in [5, 5.41) is 4.23. The van der Waals surface area contributed by atoms with E-state index in [2.05, 4.69) is 55.3 Å². The van der Waals surface area contributed by atoms with Gasteiger partial charge >= 0.3 is 0 Å². The Morgan fingerprint density at radius 2 is 1.68 bits per heavy atom. The monoisotopic (exact) mass is 553 g/mol. The molecule has 0 saturated carbocycles. The van der Waals surface area contributed by atoms with Crippen molar-refractivity contribution in [2.75, 3.05) is 19.5 Å². The molecular formula is C32H31N3O4S. The molecule has 0 aliphatic carbocycles. The standard InChI is InChI=1S/C32H31N3O4S/c1-6-28-29(21-9-7-20(8-10-21)19(2)3)34-32(40-28)35-30(36)26-18-22-17-25(38-5)15-16-27(22)39-31(26)33-23-11-13-24(37-4)14-12-23/h7-19H,6H2,1-5H3,(H,34,35,36). The molecule has 0 fully saturated rings. The first-order valence-electron chi connectivity index (χ1n) is 13.1. The smallest absolute Gasteiger partial charge is 0.262 e. The molecular weight excluding hydrogens is 522 g/mol. The average Bonchev–Trinajstić information content (AvgIpc) is 3.39. The number of carbonyl (C=O) groups is 1. The van der Waals surface area contributed by atoms with Gasteiger partial charge in [-0.15, -0.1) is 11.3 Å². The number of fused-ring (bicyclic) bond motifs is 1. The molecule has 204 valence electrons. The van der Waals surface area contributed by atoms with Crippen LogP contribution in [0.15, 0.2) is 82.2 Å². The summed E-state index contributed by atoms with van der Waals surface area (Å²) in [6.45, 7) is 6.44. The van der Waals surface area contributed by atoms with Gasteiger partial charge in [-0.2, -0.15) is 0 Å². The maximum absolute atomic E-state index is 13.7. The van der Waals surface area contributed by atoms with Crippen LogP contribution >= 0.6 is 11.3 Å². The van der Waals surface area contributed by atoms with Gasteiger partial charge in [0.05, 0.1) is 25.6 Å². The third-order valence-corrected chi connectivity index (χ3v) is 7.71. The van der Waals surface area contributed by atoms with Crippen LogP contribution in [0.5, 0.6) is 11.5 Å². The molecule has 0 saturated heterocycles. The summed E-state index contributed by atoms with van der Waals surface area (Å²) in [4.78, 5) is 24.2. The minimum atomic E-state index is -0.362. The lowest BCUT2D eigenvalue weighted by atomic mass is 10.0. The van der Waals surface area contributed by atoms with Crippen LogP contribution in [-0.2, 0) is 6.42 Å². The summed E-state index contributed by atoms with van der Waals surface area (Å²) in [6, 6.07) is 22.9. The van der Waals surface area contributed by atoms with Crippen molar-refractivity contribution in [2.45, 2.75) is 33.1 Å². The molecule has 5 aromatic rings. The van der Waals surface area contributed by atoms with Crippen molar-refractivity contribution in [1.82, 2.24) is 4.98 Å². The maximum Gasteiger partial charge on any atom is 0.262 e. The number of nitrogens with one attached hydrogen (secondary N) is 1. The second-order valence-electron chi connectivity index (χ2n) is 9.55. The first-order valence-corrected chi connectivity index (χ1v) is 13.9. The zero-order valence-electron chi connectivity index (χ0n) is 23.1. The molecule has 40 heavy (non-hydrogen) atoms. The number of carbonyl (C=O) groups excluding carboxylic acids is 1. The normalized spacial score (nSPS) is 11.7. The van der Waals surface area contributed by atoms with E-state index in [1.165, 1.54) is 16.9 Å². The Morgan fingerprint density at radius 1 is 0.975 bits per heavy atom. The molecule has 2 aromatic heterocycles. The number of hydrogen-bond acceptors (Lipinski definition) is 7. The summed E-state index contributed by atoms with van der Waals surface area (Å²) in [6.07, 6.45) is 0.804. The molecule has 8 heteroatoms. The number of rotatable bonds is 8. The number of anilines is 1. The highest BCUT2D eigenvalue weighted by molar-refractivity contribution is 7.16. The number of aromatic nitrogens is 1. The SMILES string of the molecule is CCc1sc(NC(=O)c2cc3cc(OC)ccc3oc2=Nc2ccc(OC)cc2)nc1-c1ccc(C(C)C)cc1. The van der Waals surface area contributed by atoms with E-state index in [1.54, 1.807) is 44.6 Å². The quantitative estimate of drug-likeness (QED) is 0.212. The van der Waals surface area contributed by atoms with E-state index in [-0.39, 0.29) is 17.0 Å². The van der Waals surface area contributed by atoms with Crippen LogP contribution in [0, 0.1) is 0 Å². The lowest BCUT2D eigenvalue weighted by Crippen LogP contribution is -2.21. The highest BCUT2D eigenvalue weighted by Crippen LogP contribution is 2.33. The van der Waals surface area contributed by atoms with Crippen LogP contribution in [0.25, 0.3) is 22.2 Å². The molecule has 0 spiro atoms. The number of aryl methyl sites for hydroxylation is 1. The predicted octanol–water partition coefficient (Wildman–Crippen LogP) is 7.74. The van der Waals surface area contributed by atoms with Gasteiger partial charge in [0.25, 0.3) is 5.91 Å². The fraction of sp³-hybridized carbons (Fsp3) is 0.219. The third-order valence-electron chi connectivity index (χ3n) is 6.59. The molecule has 0 unspecified atom stereocenters. The van der Waals surface area contributed by atoms with E-state index in [9.17, 15) is 4.79 Å². The summed E-state index contributed by atoms with van der Waals surface area (Å²) >= 11 is 1.47. The number of thiazole rings is 1. The topological polar surface area (TPSA) is 86.0 Å². The van der Waals surface area contributed by atoms with Crippen molar-refractivity contribution in [2.24, 2.45) is 4.99 Å². The van der Waals surface area contributed by atoms with Crippen molar-refractivity contribution < 1.29 is 18.7 Å². The second kappa shape index (κ2) is 11.8. The summed E-state index contributed by atoms with van der Waals surface area (Å²) in [7, 11) is 3.21. The number of ether oxygens (including phenoxy) is 2. The lowest BCUT2D eigenvalue weighted by Gasteiger charge is -2.07. The van der Waals surface area contributed by atoms with Crippen molar-refractivity contribution in [3.63, 3.8) is 0 Å². The minimum absolute atomic E-state index is 0.192. The first-order chi connectivity index (χ1) is 19.4. The van der Waals surface area contributed by atoms with Gasteiger partial charge in [-0.25, -0.2) is 9.98 Å². The molecule has 0 atom stereocenters. The maximum atomic E-state index is 13.7. The van der Waals surface area contributed by atoms with Crippen LogP contribution in [-0.4, -0.2) is 25.1 Å². The van der Waals surface area contributed by atoms with Crippen LogP contribution in [0.1, 0.15) is 47.5 Å². The molecule has 0 bridgehead atoms. The molecule has 3 aromatic carbocycles. The van der Waals surface area contributed by atoms with Crippen LogP contribution in [0.2, 0.25) is 0 Å². The van der Waals surface area contributed by atoms with Gasteiger partial charge in [-0.3, -0.25) is 10.1 Å². The van der Waals surface area contributed by atoms with Crippen molar-refractivity contribution in [1.29, 1.82) is 0 Å². The van der Waals surface area contributed by atoms with Crippen molar-refractivity contribution in [3.05, 3.63) is 94.4 Å². The Labute approximate surface area is 237 Å².